The van der Waals surface area contributed by atoms with Gasteiger partial charge in [-0.3, -0.25) is 5.32 Å². The molecule has 0 aromatic heterocycles. The van der Waals surface area contributed by atoms with E-state index in [2.05, 4.69) is 21.2 Å². The van der Waals surface area contributed by atoms with Gasteiger partial charge in [-0.25, -0.2) is 0 Å². The summed E-state index contributed by atoms with van der Waals surface area (Å²) in [6.07, 6.45) is 0. The van der Waals surface area contributed by atoms with Crippen molar-refractivity contribution >= 4 is 15.9 Å². The third-order valence-corrected chi connectivity index (χ3v) is 2.16. The first-order chi connectivity index (χ1) is 5.34. The molecule has 0 saturated heterocycles. The lowest BCUT2D eigenvalue weighted by Crippen LogP contribution is -2.13. The minimum atomic E-state index is 0.0152. The van der Waals surface area contributed by atoms with Crippen molar-refractivity contribution in [3.63, 3.8) is 0 Å². The van der Waals surface area contributed by atoms with Crippen LogP contribution in [0.4, 0.5) is 0 Å². The summed E-state index contributed by atoms with van der Waals surface area (Å²) in [4.78, 5) is 0. The molecule has 0 saturated carbocycles. The zero-order valence-electron chi connectivity index (χ0n) is 6.05. The third kappa shape index (κ3) is 2.61. The highest BCUT2D eigenvalue weighted by Gasteiger charge is 1.95. The van der Waals surface area contributed by atoms with E-state index in [1.54, 1.807) is 0 Å². The minimum Gasteiger partial charge on any atom is -0.381 e. The van der Waals surface area contributed by atoms with Crippen molar-refractivity contribution in [2.45, 2.75) is 6.54 Å². The van der Waals surface area contributed by atoms with Gasteiger partial charge in [0.15, 0.2) is 0 Å². The first-order valence-electron chi connectivity index (χ1n) is 3.39. The Hall–Kier alpha value is -0.380. The molecule has 2 N–H and O–H groups in total. The summed E-state index contributed by atoms with van der Waals surface area (Å²) in [5.41, 5.74) is 1.15. The Morgan fingerprint density at radius 1 is 1.36 bits per heavy atom. The molecule has 0 atom stereocenters. The molecule has 11 heavy (non-hydrogen) atoms. The molecule has 0 aliphatic rings. The molecule has 3 heteroatoms. The van der Waals surface area contributed by atoms with Crippen molar-refractivity contribution in [1.29, 1.82) is 0 Å². The number of nitrogens with one attached hydrogen (secondary N) is 1. The molecule has 0 radical (unpaired) electrons. The molecule has 2 nitrogen and oxygen atoms in total. The van der Waals surface area contributed by atoms with Gasteiger partial charge in [-0.15, -0.1) is 0 Å². The average molecular weight is 216 g/mol. The van der Waals surface area contributed by atoms with Crippen LogP contribution < -0.4 is 5.32 Å². The van der Waals surface area contributed by atoms with Crippen LogP contribution in [0.1, 0.15) is 5.56 Å². The SMILES string of the molecule is OCNCc1ccccc1Br. The molecule has 0 spiro atoms. The molecule has 0 aliphatic carbocycles. The summed E-state index contributed by atoms with van der Waals surface area (Å²) in [7, 11) is 0. The number of hydrogen-bond acceptors (Lipinski definition) is 2. The molecule has 1 aromatic rings. The number of halogens is 1. The Morgan fingerprint density at radius 2 is 2.09 bits per heavy atom. The predicted octanol–water partition coefficient (Wildman–Crippen LogP) is 1.49. The average Bonchev–Trinajstić information content (AvgIpc) is 2.03. The number of aliphatic hydroxyl groups is 1. The highest BCUT2D eigenvalue weighted by atomic mass is 79.9. The fourth-order valence-corrected chi connectivity index (χ4v) is 1.26. The van der Waals surface area contributed by atoms with E-state index < -0.39 is 0 Å². The van der Waals surface area contributed by atoms with Crippen molar-refractivity contribution in [2.75, 3.05) is 6.73 Å². The van der Waals surface area contributed by atoms with Crippen molar-refractivity contribution < 1.29 is 5.11 Å². The van der Waals surface area contributed by atoms with Gasteiger partial charge >= 0.3 is 0 Å². The Kier molecular flexibility index (Phi) is 3.56. The van der Waals surface area contributed by atoms with Crippen molar-refractivity contribution in [2.24, 2.45) is 0 Å². The number of benzene rings is 1. The van der Waals surface area contributed by atoms with E-state index in [-0.39, 0.29) is 6.73 Å². The lowest BCUT2D eigenvalue weighted by molar-refractivity contribution is 0.259. The topological polar surface area (TPSA) is 32.3 Å². The van der Waals surface area contributed by atoms with Gasteiger partial charge in [0, 0.05) is 11.0 Å². The molecule has 1 aromatic carbocycles. The quantitative estimate of drug-likeness (QED) is 0.750. The fraction of sp³-hybridized carbons (Fsp3) is 0.250. The molecule has 0 unspecified atom stereocenters. The van der Waals surface area contributed by atoms with Crippen LogP contribution in [0.2, 0.25) is 0 Å². The molecule has 0 aliphatic heterocycles. The second-order valence-electron chi connectivity index (χ2n) is 2.18. The number of hydrogen-bond donors (Lipinski definition) is 2. The van der Waals surface area contributed by atoms with Crippen LogP contribution in [0.15, 0.2) is 28.7 Å². The smallest absolute Gasteiger partial charge is 0.0934 e. The van der Waals surface area contributed by atoms with Gasteiger partial charge in [0.25, 0.3) is 0 Å². The van der Waals surface area contributed by atoms with Crippen LogP contribution >= 0.6 is 15.9 Å². The largest absolute Gasteiger partial charge is 0.381 e. The van der Waals surface area contributed by atoms with E-state index in [4.69, 9.17) is 5.11 Å². The lowest BCUT2D eigenvalue weighted by Gasteiger charge is -2.02. The standard InChI is InChI=1S/C8H10BrNO/c9-8-4-2-1-3-7(8)5-10-6-11/h1-4,10-11H,5-6H2. The normalized spacial score (nSPS) is 10.0. The summed E-state index contributed by atoms with van der Waals surface area (Å²) in [5, 5.41) is 11.3. The zero-order chi connectivity index (χ0) is 8.10. The van der Waals surface area contributed by atoms with Gasteiger partial charge in [0.1, 0.15) is 0 Å². The van der Waals surface area contributed by atoms with E-state index in [1.807, 2.05) is 24.3 Å². The van der Waals surface area contributed by atoms with Crippen molar-refractivity contribution in [1.82, 2.24) is 5.32 Å². The maximum atomic E-state index is 8.49. The van der Waals surface area contributed by atoms with E-state index in [0.29, 0.717) is 6.54 Å². The first kappa shape index (κ1) is 8.71. The van der Waals surface area contributed by atoms with Crippen molar-refractivity contribution in [3.8, 4) is 0 Å². The molecular weight excluding hydrogens is 206 g/mol. The number of rotatable bonds is 3. The summed E-state index contributed by atoms with van der Waals surface area (Å²) in [6, 6.07) is 7.92. The molecule has 0 heterocycles. The van der Waals surface area contributed by atoms with Crippen LogP contribution in [0.25, 0.3) is 0 Å². The van der Waals surface area contributed by atoms with Crippen LogP contribution in [0.5, 0.6) is 0 Å². The second-order valence-corrected chi connectivity index (χ2v) is 3.03. The van der Waals surface area contributed by atoms with Gasteiger partial charge in [-0.2, -0.15) is 0 Å². The van der Waals surface area contributed by atoms with Crippen LogP contribution in [-0.2, 0) is 6.54 Å². The fourth-order valence-electron chi connectivity index (χ4n) is 0.832. The molecule has 1 rings (SSSR count). The minimum absolute atomic E-state index is 0.0152. The van der Waals surface area contributed by atoms with E-state index in [9.17, 15) is 0 Å². The van der Waals surface area contributed by atoms with Gasteiger partial charge in [0.2, 0.25) is 0 Å². The third-order valence-electron chi connectivity index (χ3n) is 1.39. The predicted molar refractivity (Wildman–Crippen MR) is 48.1 cm³/mol. The van der Waals surface area contributed by atoms with E-state index in [0.717, 1.165) is 10.0 Å². The summed E-state index contributed by atoms with van der Waals surface area (Å²) in [5.74, 6) is 0. The monoisotopic (exact) mass is 215 g/mol. The van der Waals surface area contributed by atoms with Crippen LogP contribution in [0, 0.1) is 0 Å². The Bertz CT molecular complexity index is 227. The molecule has 60 valence electrons. The highest BCUT2D eigenvalue weighted by molar-refractivity contribution is 9.10. The van der Waals surface area contributed by atoms with Crippen LogP contribution in [0.3, 0.4) is 0 Å². The van der Waals surface area contributed by atoms with Crippen molar-refractivity contribution in [3.05, 3.63) is 34.3 Å². The summed E-state index contributed by atoms with van der Waals surface area (Å²) >= 11 is 3.40. The van der Waals surface area contributed by atoms with Gasteiger partial charge in [-0.1, -0.05) is 34.1 Å². The van der Waals surface area contributed by atoms with E-state index >= 15 is 0 Å². The van der Waals surface area contributed by atoms with Gasteiger partial charge in [0.05, 0.1) is 6.73 Å². The molecular formula is C8H10BrNO. The Balaban J connectivity index is 2.62. The maximum Gasteiger partial charge on any atom is 0.0934 e. The van der Waals surface area contributed by atoms with E-state index in [1.165, 1.54) is 0 Å². The first-order valence-corrected chi connectivity index (χ1v) is 4.19. The summed E-state index contributed by atoms with van der Waals surface area (Å²) < 4.78 is 1.07. The van der Waals surface area contributed by atoms with Crippen LogP contribution in [-0.4, -0.2) is 11.8 Å². The second kappa shape index (κ2) is 4.49. The Morgan fingerprint density at radius 3 is 2.73 bits per heavy atom. The zero-order valence-corrected chi connectivity index (χ0v) is 7.63. The maximum absolute atomic E-state index is 8.49. The van der Waals surface area contributed by atoms with Gasteiger partial charge < -0.3 is 5.11 Å². The lowest BCUT2D eigenvalue weighted by atomic mass is 10.2. The molecule has 0 amide bonds. The van der Waals surface area contributed by atoms with Gasteiger partial charge in [-0.05, 0) is 11.6 Å². The Labute approximate surface area is 74.4 Å². The molecule has 0 fully saturated rings. The highest BCUT2D eigenvalue weighted by Crippen LogP contribution is 2.14. The number of aliphatic hydroxyl groups excluding tert-OH is 1. The summed E-state index contributed by atoms with van der Waals surface area (Å²) in [6.45, 7) is 0.708. The molecule has 0 bridgehead atoms.